The third-order valence-corrected chi connectivity index (χ3v) is 17.7. The average molecular weight is 222 g/mol. The Hall–Kier alpha value is 0.531. The molecule has 0 spiro atoms. The normalized spacial score (nSPS) is 31.5. The second kappa shape index (κ2) is 2.76. The quantitative estimate of drug-likeness (QED) is 0.600. The van der Waals surface area contributed by atoms with Gasteiger partial charge in [0.25, 0.3) is 0 Å². The summed E-state index contributed by atoms with van der Waals surface area (Å²) in [6.07, 6.45) is 0. The molecule has 1 saturated heterocycles. The number of rotatable bonds is 0. The molecule has 1 aliphatic heterocycles. The summed E-state index contributed by atoms with van der Waals surface area (Å²) in [7, 11) is -6.34. The lowest BCUT2D eigenvalue weighted by Crippen LogP contribution is -2.61. The van der Waals surface area contributed by atoms with Crippen LogP contribution in [0.15, 0.2) is 0 Å². The third-order valence-electron chi connectivity index (χ3n) is 1.97. The zero-order valence-corrected chi connectivity index (χ0v) is 11.2. The van der Waals surface area contributed by atoms with Crippen molar-refractivity contribution in [3.8, 4) is 0 Å². The lowest BCUT2D eigenvalue weighted by Gasteiger charge is -2.43. The van der Waals surface area contributed by atoms with E-state index in [1.807, 2.05) is 0 Å². The van der Waals surface area contributed by atoms with Gasteiger partial charge in [0, 0.05) is 11.3 Å². The van der Waals surface area contributed by atoms with E-state index in [0.717, 1.165) is 0 Å². The van der Waals surface area contributed by atoms with Crippen LogP contribution in [-0.2, 0) is 4.12 Å². The minimum Gasteiger partial charge on any atom is -0.456 e. The van der Waals surface area contributed by atoms with Crippen molar-refractivity contribution in [2.45, 2.75) is 37.5 Å². The van der Waals surface area contributed by atoms with Gasteiger partial charge in [0.15, 0.2) is 16.6 Å². The molecule has 0 bridgehead atoms. The van der Waals surface area contributed by atoms with Crippen molar-refractivity contribution in [1.82, 2.24) is 0 Å². The number of hydrogen-bond donors (Lipinski definition) is 2. The predicted octanol–water partition coefficient (Wildman–Crippen LogP) is 0.932. The molecule has 1 heterocycles. The van der Waals surface area contributed by atoms with Crippen molar-refractivity contribution in [1.29, 1.82) is 0 Å². The lowest BCUT2D eigenvalue weighted by atomic mass is 11.8. The van der Waals surface area contributed by atoms with Gasteiger partial charge in [-0.15, -0.1) is 0 Å². The van der Waals surface area contributed by atoms with Crippen molar-refractivity contribution in [2.75, 3.05) is 0 Å². The van der Waals surface area contributed by atoms with Crippen LogP contribution < -0.4 is 0 Å². The molecule has 12 heavy (non-hydrogen) atoms. The van der Waals surface area contributed by atoms with E-state index >= 15 is 0 Å². The van der Waals surface area contributed by atoms with Crippen molar-refractivity contribution in [3.63, 3.8) is 0 Å². The van der Waals surface area contributed by atoms with Crippen molar-refractivity contribution >= 4 is 25.2 Å². The van der Waals surface area contributed by atoms with E-state index in [-0.39, 0.29) is 0 Å². The Kier molecular flexibility index (Phi) is 2.44. The molecule has 1 rings (SSSR count). The van der Waals surface area contributed by atoms with E-state index < -0.39 is 25.2 Å². The summed E-state index contributed by atoms with van der Waals surface area (Å²) >= 11 is 0. The Morgan fingerprint density at radius 2 is 1.25 bits per heavy atom. The monoisotopic (exact) mass is 222 g/mol. The first-order chi connectivity index (χ1) is 5.12. The predicted molar refractivity (Wildman–Crippen MR) is 55.9 cm³/mol. The van der Waals surface area contributed by atoms with Gasteiger partial charge in [-0.1, -0.05) is 0 Å². The van der Waals surface area contributed by atoms with E-state index in [2.05, 4.69) is 26.2 Å². The Bertz CT molecular complexity index is 145. The minimum absolute atomic E-state index is 0.580. The summed E-state index contributed by atoms with van der Waals surface area (Å²) in [6, 6.07) is 0. The summed E-state index contributed by atoms with van der Waals surface area (Å²) < 4.78 is 5.99. The largest absolute Gasteiger partial charge is 0.456 e. The molecule has 0 aromatic rings. The van der Waals surface area contributed by atoms with E-state index in [9.17, 15) is 9.59 Å². The minimum atomic E-state index is -2.86. The standard InChI is InChI=1S/C6H18O3Si3/c1-10(2)5-12(7,8)6-11(3,4)9-10/h7-8H,5-6H2,1-4H3. The summed E-state index contributed by atoms with van der Waals surface area (Å²) in [4.78, 5) is 19.5. The molecule has 0 radical (unpaired) electrons. The molecule has 0 amide bonds. The zero-order valence-electron chi connectivity index (χ0n) is 8.22. The first-order valence-electron chi connectivity index (χ1n) is 4.27. The van der Waals surface area contributed by atoms with Gasteiger partial charge in [-0.25, -0.2) is 0 Å². The maximum absolute atomic E-state index is 9.73. The highest BCUT2D eigenvalue weighted by Gasteiger charge is 2.51. The van der Waals surface area contributed by atoms with Gasteiger partial charge < -0.3 is 13.7 Å². The van der Waals surface area contributed by atoms with Crippen LogP contribution >= 0.6 is 0 Å². The van der Waals surface area contributed by atoms with Crippen molar-refractivity contribution < 1.29 is 13.7 Å². The van der Waals surface area contributed by atoms with Gasteiger partial charge >= 0.3 is 8.56 Å². The Labute approximate surface area is 76.9 Å². The van der Waals surface area contributed by atoms with Gasteiger partial charge in [-0.05, 0) is 26.2 Å². The Morgan fingerprint density at radius 3 is 1.50 bits per heavy atom. The number of hydrogen-bond acceptors (Lipinski definition) is 3. The zero-order chi connectivity index (χ0) is 9.62. The van der Waals surface area contributed by atoms with Gasteiger partial charge in [0.05, 0.1) is 0 Å². The fourth-order valence-corrected chi connectivity index (χ4v) is 22.6. The van der Waals surface area contributed by atoms with Gasteiger partial charge in [0.1, 0.15) is 0 Å². The molecule has 0 atom stereocenters. The van der Waals surface area contributed by atoms with E-state index in [4.69, 9.17) is 4.12 Å². The average Bonchev–Trinajstić information content (AvgIpc) is 1.44. The first kappa shape index (κ1) is 10.6. The van der Waals surface area contributed by atoms with Crippen LogP contribution in [0, 0.1) is 0 Å². The fraction of sp³-hybridized carbons (Fsp3) is 1.00. The molecule has 0 saturated carbocycles. The third kappa shape index (κ3) is 2.79. The molecule has 0 aromatic heterocycles. The fourth-order valence-electron chi connectivity index (χ4n) is 2.25. The van der Waals surface area contributed by atoms with Gasteiger partial charge in [-0.3, -0.25) is 0 Å². The highest BCUT2D eigenvalue weighted by atomic mass is 28.5. The maximum Gasteiger partial charge on any atom is 0.331 e. The van der Waals surface area contributed by atoms with E-state index in [0.29, 0.717) is 11.3 Å². The summed E-state index contributed by atoms with van der Waals surface area (Å²) in [5.41, 5.74) is 1.16. The van der Waals surface area contributed by atoms with Crippen LogP contribution in [0.2, 0.25) is 37.5 Å². The smallest absolute Gasteiger partial charge is 0.331 e. The molecule has 2 N–H and O–H groups in total. The van der Waals surface area contributed by atoms with Crippen LogP contribution in [0.5, 0.6) is 0 Å². The lowest BCUT2D eigenvalue weighted by molar-refractivity contribution is 0.358. The Morgan fingerprint density at radius 1 is 0.917 bits per heavy atom. The highest BCUT2D eigenvalue weighted by molar-refractivity contribution is 7.02. The summed E-state index contributed by atoms with van der Waals surface area (Å²) in [5.74, 6) is 0. The van der Waals surface area contributed by atoms with Gasteiger partial charge in [-0.2, -0.15) is 0 Å². The van der Waals surface area contributed by atoms with E-state index in [1.54, 1.807) is 0 Å². The molecule has 0 unspecified atom stereocenters. The van der Waals surface area contributed by atoms with Crippen LogP contribution in [0.25, 0.3) is 0 Å². The van der Waals surface area contributed by atoms with E-state index in [1.165, 1.54) is 0 Å². The molecular weight excluding hydrogens is 204 g/mol. The van der Waals surface area contributed by atoms with Crippen LogP contribution in [-0.4, -0.2) is 34.8 Å². The maximum atomic E-state index is 9.73. The molecule has 6 heteroatoms. The molecule has 0 aliphatic carbocycles. The molecule has 72 valence electrons. The Balaban J connectivity index is 2.81. The van der Waals surface area contributed by atoms with Crippen molar-refractivity contribution in [3.05, 3.63) is 0 Å². The van der Waals surface area contributed by atoms with Gasteiger partial charge in [0.2, 0.25) is 0 Å². The molecule has 0 aromatic carbocycles. The van der Waals surface area contributed by atoms with Crippen LogP contribution in [0.4, 0.5) is 0 Å². The first-order valence-corrected chi connectivity index (χ1v) is 12.8. The van der Waals surface area contributed by atoms with Crippen LogP contribution in [0.1, 0.15) is 0 Å². The second-order valence-electron chi connectivity index (χ2n) is 4.96. The molecule has 1 aliphatic rings. The molecule has 1 fully saturated rings. The SMILES string of the molecule is C[Si]1(C)C[Si](O)(O)C[Si](C)(C)O1. The second-order valence-corrected chi connectivity index (χ2v) is 17.6. The summed E-state index contributed by atoms with van der Waals surface area (Å²) in [6.45, 7) is 8.31. The summed E-state index contributed by atoms with van der Waals surface area (Å²) in [5, 5.41) is 0. The van der Waals surface area contributed by atoms with Crippen molar-refractivity contribution in [2.24, 2.45) is 0 Å². The van der Waals surface area contributed by atoms with Crippen LogP contribution in [0.3, 0.4) is 0 Å². The highest BCUT2D eigenvalue weighted by Crippen LogP contribution is 2.33. The topological polar surface area (TPSA) is 49.7 Å². The molecular formula is C6H18O3Si3. The molecule has 3 nitrogen and oxygen atoms in total.